The molecule has 2 aliphatic heterocycles. The Balaban J connectivity index is 1.31. The predicted octanol–water partition coefficient (Wildman–Crippen LogP) is 3.74. The number of carbonyl (C=O) groups is 1. The standard InChI is InChI=1S/C26H37NO4/c1-4-27(16-25(3,29)18-9-6-5-7-10-18)15-20-19-13-22-24(2,14-21(19)31-23(20)28)11-8-12-26(22)17-30-26/h5-7,9-10,19-22,29H,4,8,11-17H2,1-3H3. The molecule has 4 fully saturated rings. The van der Waals surface area contributed by atoms with Crippen LogP contribution in [0.25, 0.3) is 0 Å². The fourth-order valence-electron chi connectivity index (χ4n) is 7.07. The second kappa shape index (κ2) is 7.57. The molecule has 0 aromatic heterocycles. The van der Waals surface area contributed by atoms with Crippen molar-refractivity contribution < 1.29 is 19.4 Å². The van der Waals surface area contributed by atoms with Gasteiger partial charge in [-0.15, -0.1) is 0 Å². The Kier molecular flexibility index (Phi) is 5.23. The summed E-state index contributed by atoms with van der Waals surface area (Å²) in [7, 11) is 0. The normalized spacial score (nSPS) is 40.9. The van der Waals surface area contributed by atoms with Crippen LogP contribution in [0.15, 0.2) is 30.3 Å². The fraction of sp³-hybridized carbons (Fsp3) is 0.731. The number of aliphatic hydroxyl groups is 1. The van der Waals surface area contributed by atoms with Crippen LogP contribution in [-0.4, -0.2) is 53.9 Å². The molecule has 0 radical (unpaired) electrons. The van der Waals surface area contributed by atoms with Crippen LogP contribution in [0.5, 0.6) is 0 Å². The highest BCUT2D eigenvalue weighted by Crippen LogP contribution is 2.62. The Morgan fingerprint density at radius 2 is 2.00 bits per heavy atom. The van der Waals surface area contributed by atoms with Crippen LogP contribution < -0.4 is 0 Å². The van der Waals surface area contributed by atoms with E-state index in [0.717, 1.165) is 31.6 Å². The van der Waals surface area contributed by atoms with Crippen LogP contribution in [0.1, 0.15) is 58.4 Å². The summed E-state index contributed by atoms with van der Waals surface area (Å²) < 4.78 is 12.0. The minimum absolute atomic E-state index is 0.0409. The molecule has 2 saturated heterocycles. The first-order valence-electron chi connectivity index (χ1n) is 12.1. The van der Waals surface area contributed by atoms with Crippen LogP contribution >= 0.6 is 0 Å². The number of nitrogens with zero attached hydrogens (tertiary/aromatic N) is 1. The van der Waals surface area contributed by atoms with Crippen molar-refractivity contribution in [2.45, 2.75) is 70.2 Å². The largest absolute Gasteiger partial charge is 0.462 e. The average Bonchev–Trinajstić information content (AvgIpc) is 3.44. The van der Waals surface area contributed by atoms with E-state index < -0.39 is 5.60 Å². The van der Waals surface area contributed by atoms with E-state index in [1.54, 1.807) is 0 Å². The Hall–Kier alpha value is -1.43. The highest BCUT2D eigenvalue weighted by molar-refractivity contribution is 5.75. The van der Waals surface area contributed by atoms with Crippen LogP contribution in [-0.2, 0) is 19.9 Å². The van der Waals surface area contributed by atoms with Gasteiger partial charge in [-0.1, -0.05) is 44.2 Å². The molecule has 1 aromatic rings. The minimum atomic E-state index is -0.959. The quantitative estimate of drug-likeness (QED) is 0.554. The van der Waals surface area contributed by atoms with Crippen molar-refractivity contribution >= 4 is 5.97 Å². The van der Waals surface area contributed by atoms with Crippen LogP contribution in [0.4, 0.5) is 0 Å². The van der Waals surface area contributed by atoms with Gasteiger partial charge in [-0.2, -0.15) is 0 Å². The molecule has 170 valence electrons. The monoisotopic (exact) mass is 427 g/mol. The van der Waals surface area contributed by atoms with Gasteiger partial charge in [0.2, 0.25) is 0 Å². The van der Waals surface area contributed by atoms with Gasteiger partial charge in [-0.05, 0) is 62.5 Å². The molecule has 2 heterocycles. The maximum atomic E-state index is 13.0. The third-order valence-corrected chi connectivity index (χ3v) is 8.91. The Labute approximate surface area is 186 Å². The van der Waals surface area contributed by atoms with E-state index in [4.69, 9.17) is 9.47 Å². The Morgan fingerprint density at radius 3 is 2.68 bits per heavy atom. The maximum absolute atomic E-state index is 13.0. The third kappa shape index (κ3) is 3.73. The van der Waals surface area contributed by atoms with E-state index in [1.807, 2.05) is 37.3 Å². The van der Waals surface area contributed by atoms with Crippen molar-refractivity contribution in [1.82, 2.24) is 4.90 Å². The average molecular weight is 428 g/mol. The summed E-state index contributed by atoms with van der Waals surface area (Å²) >= 11 is 0. The molecule has 2 saturated carbocycles. The molecule has 0 amide bonds. The van der Waals surface area contributed by atoms with E-state index in [0.29, 0.717) is 19.0 Å². The number of fused-ring (bicyclic) bond motifs is 3. The zero-order valence-corrected chi connectivity index (χ0v) is 19.2. The fourth-order valence-corrected chi connectivity index (χ4v) is 7.07. The molecule has 5 rings (SSSR count). The molecule has 0 bridgehead atoms. The first-order chi connectivity index (χ1) is 14.8. The van der Waals surface area contributed by atoms with Gasteiger partial charge in [-0.3, -0.25) is 9.69 Å². The topological polar surface area (TPSA) is 62.3 Å². The summed E-state index contributed by atoms with van der Waals surface area (Å²) in [5, 5.41) is 11.2. The molecular weight excluding hydrogens is 390 g/mol. The number of rotatable bonds is 6. The van der Waals surface area contributed by atoms with Gasteiger partial charge in [0.1, 0.15) is 6.10 Å². The lowest BCUT2D eigenvalue weighted by Gasteiger charge is -2.51. The summed E-state index contributed by atoms with van der Waals surface area (Å²) in [6, 6.07) is 9.81. The summed E-state index contributed by atoms with van der Waals surface area (Å²) in [6.07, 6.45) is 5.66. The van der Waals surface area contributed by atoms with Crippen molar-refractivity contribution in [1.29, 1.82) is 0 Å². The molecule has 7 atom stereocenters. The van der Waals surface area contributed by atoms with E-state index >= 15 is 0 Å². The molecule has 1 N–H and O–H groups in total. The van der Waals surface area contributed by atoms with Crippen LogP contribution in [0.3, 0.4) is 0 Å². The van der Waals surface area contributed by atoms with Gasteiger partial charge < -0.3 is 14.6 Å². The molecule has 4 aliphatic rings. The maximum Gasteiger partial charge on any atom is 0.310 e. The highest BCUT2D eigenvalue weighted by atomic mass is 16.6. The van der Waals surface area contributed by atoms with Gasteiger partial charge in [0.05, 0.1) is 23.7 Å². The first-order valence-corrected chi connectivity index (χ1v) is 12.1. The number of benzene rings is 1. The Morgan fingerprint density at radius 1 is 1.26 bits per heavy atom. The summed E-state index contributed by atoms with van der Waals surface area (Å²) in [5.74, 6) is 0.648. The first kappa shape index (κ1) is 21.4. The zero-order chi connectivity index (χ0) is 21.9. The summed E-state index contributed by atoms with van der Waals surface area (Å²) in [5.41, 5.74) is 0.255. The molecule has 5 heteroatoms. The summed E-state index contributed by atoms with van der Waals surface area (Å²) in [4.78, 5) is 15.2. The van der Waals surface area contributed by atoms with Crippen molar-refractivity contribution in [3.05, 3.63) is 35.9 Å². The van der Waals surface area contributed by atoms with Crippen molar-refractivity contribution in [3.63, 3.8) is 0 Å². The van der Waals surface area contributed by atoms with Crippen LogP contribution in [0.2, 0.25) is 0 Å². The van der Waals surface area contributed by atoms with Crippen LogP contribution in [0, 0.1) is 23.2 Å². The highest BCUT2D eigenvalue weighted by Gasteiger charge is 2.65. The molecule has 1 aromatic carbocycles. The molecule has 1 spiro atoms. The lowest BCUT2D eigenvalue weighted by molar-refractivity contribution is -0.147. The van der Waals surface area contributed by atoms with Gasteiger partial charge in [-0.25, -0.2) is 0 Å². The van der Waals surface area contributed by atoms with Gasteiger partial charge in [0.15, 0.2) is 0 Å². The molecular formula is C26H37NO4. The van der Waals surface area contributed by atoms with E-state index in [-0.39, 0.29) is 34.9 Å². The zero-order valence-electron chi connectivity index (χ0n) is 19.2. The number of hydrogen-bond acceptors (Lipinski definition) is 5. The lowest BCUT2D eigenvalue weighted by atomic mass is 9.53. The van der Waals surface area contributed by atoms with Crippen molar-refractivity contribution in [2.24, 2.45) is 23.2 Å². The van der Waals surface area contributed by atoms with Gasteiger partial charge >= 0.3 is 5.97 Å². The number of hydrogen-bond donors (Lipinski definition) is 1. The lowest BCUT2D eigenvalue weighted by Crippen LogP contribution is -2.51. The molecule has 7 unspecified atom stereocenters. The number of ether oxygens (including phenoxy) is 2. The second-order valence-corrected chi connectivity index (χ2v) is 11.1. The Bertz CT molecular complexity index is 820. The van der Waals surface area contributed by atoms with Gasteiger partial charge in [0.25, 0.3) is 0 Å². The van der Waals surface area contributed by atoms with E-state index in [2.05, 4.69) is 18.7 Å². The predicted molar refractivity (Wildman–Crippen MR) is 118 cm³/mol. The van der Waals surface area contributed by atoms with Crippen molar-refractivity contribution in [2.75, 3.05) is 26.2 Å². The molecule has 5 nitrogen and oxygen atoms in total. The number of carbonyl (C=O) groups excluding carboxylic acids is 1. The smallest absolute Gasteiger partial charge is 0.310 e. The second-order valence-electron chi connectivity index (χ2n) is 11.1. The van der Waals surface area contributed by atoms with Crippen molar-refractivity contribution in [3.8, 4) is 0 Å². The molecule has 31 heavy (non-hydrogen) atoms. The number of esters is 1. The third-order valence-electron chi connectivity index (χ3n) is 8.91. The van der Waals surface area contributed by atoms with Gasteiger partial charge in [0, 0.05) is 19.0 Å². The number of epoxide rings is 1. The molecule has 2 aliphatic carbocycles. The van der Waals surface area contributed by atoms with E-state index in [9.17, 15) is 9.90 Å². The minimum Gasteiger partial charge on any atom is -0.462 e. The number of likely N-dealkylation sites (N-methyl/N-ethyl adjacent to an activating group) is 1. The van der Waals surface area contributed by atoms with E-state index in [1.165, 1.54) is 19.3 Å². The summed E-state index contributed by atoms with van der Waals surface area (Å²) in [6.45, 7) is 9.20. The SMILES string of the molecule is CCN(CC1C(=O)OC2CC3(C)CCCC4(CO4)C3CC21)CC(C)(O)c1ccccc1.